The number of likely N-dealkylation sites (N-methyl/N-ethyl adjacent to an activating group) is 1. The maximum absolute atomic E-state index is 10.9. The van der Waals surface area contributed by atoms with Gasteiger partial charge in [0.25, 0.3) is 0 Å². The second-order valence-electron chi connectivity index (χ2n) is 10.5. The van der Waals surface area contributed by atoms with Gasteiger partial charge in [-0.05, 0) is 55.5 Å². The Labute approximate surface area is 204 Å². The second-order valence-corrected chi connectivity index (χ2v) is 10.5. The molecular formula is C28H40N4O2. The number of fused-ring (bicyclic) bond motifs is 2. The molecule has 6 heteroatoms. The molecule has 3 aliphatic rings. The van der Waals surface area contributed by atoms with Crippen LogP contribution in [0.4, 0.5) is 5.69 Å². The number of ether oxygens (including phenoxy) is 1. The minimum absolute atomic E-state index is 0.291. The molecule has 3 aliphatic heterocycles. The number of anilines is 1. The average molecular weight is 465 g/mol. The normalized spacial score (nSPS) is 24.7. The van der Waals surface area contributed by atoms with Crippen LogP contribution in [0.15, 0.2) is 42.5 Å². The number of β-amino-alcohol motifs (C(OH)–C–C–N with tert-alkyl or cyclic N) is 1. The van der Waals surface area contributed by atoms with Gasteiger partial charge in [-0.3, -0.25) is 9.80 Å². The monoisotopic (exact) mass is 464 g/mol. The molecule has 3 atom stereocenters. The summed E-state index contributed by atoms with van der Waals surface area (Å²) in [5, 5.41) is 14.4. The molecule has 6 nitrogen and oxygen atoms in total. The number of aliphatic hydroxyl groups is 1. The number of piperidine rings is 1. The Hall–Kier alpha value is -2.12. The molecule has 0 bridgehead atoms. The molecule has 34 heavy (non-hydrogen) atoms. The molecular weight excluding hydrogens is 424 g/mol. The van der Waals surface area contributed by atoms with E-state index >= 15 is 0 Å². The third-order valence-electron chi connectivity index (χ3n) is 7.64. The average Bonchev–Trinajstić information content (AvgIpc) is 2.97. The third kappa shape index (κ3) is 5.74. The van der Waals surface area contributed by atoms with E-state index in [0.717, 1.165) is 70.8 Å². The van der Waals surface area contributed by atoms with Gasteiger partial charge in [0.05, 0.1) is 6.10 Å². The van der Waals surface area contributed by atoms with Crippen LogP contribution in [-0.2, 0) is 19.5 Å². The highest BCUT2D eigenvalue weighted by atomic mass is 16.5. The molecule has 2 unspecified atom stereocenters. The number of aliphatic hydroxyl groups excluding tert-OH is 1. The van der Waals surface area contributed by atoms with Crippen LogP contribution >= 0.6 is 0 Å². The van der Waals surface area contributed by atoms with Crippen molar-refractivity contribution in [3.8, 4) is 5.75 Å². The summed E-state index contributed by atoms with van der Waals surface area (Å²) in [7, 11) is 2.17. The third-order valence-corrected chi connectivity index (χ3v) is 7.64. The van der Waals surface area contributed by atoms with E-state index in [2.05, 4.69) is 76.5 Å². The van der Waals surface area contributed by atoms with Crippen LogP contribution in [-0.4, -0.2) is 79.5 Å². The van der Waals surface area contributed by atoms with Crippen LogP contribution in [0.2, 0.25) is 0 Å². The summed E-state index contributed by atoms with van der Waals surface area (Å²) in [5.41, 5.74) is 5.43. The van der Waals surface area contributed by atoms with Gasteiger partial charge in [-0.15, -0.1) is 0 Å². The first-order chi connectivity index (χ1) is 16.5. The van der Waals surface area contributed by atoms with Crippen LogP contribution in [0, 0.1) is 0 Å². The van der Waals surface area contributed by atoms with Crippen LogP contribution in [0.1, 0.15) is 36.5 Å². The topological polar surface area (TPSA) is 51.2 Å². The highest BCUT2D eigenvalue weighted by molar-refractivity contribution is 5.57. The summed E-state index contributed by atoms with van der Waals surface area (Å²) in [6.07, 6.45) is 3.14. The number of benzene rings is 2. The zero-order valence-electron chi connectivity index (χ0n) is 20.7. The van der Waals surface area contributed by atoms with Crippen molar-refractivity contribution in [1.82, 2.24) is 15.1 Å². The first kappa shape index (κ1) is 23.6. The first-order valence-corrected chi connectivity index (χ1v) is 13.0. The summed E-state index contributed by atoms with van der Waals surface area (Å²) in [5.74, 6) is 0.976. The largest absolute Gasteiger partial charge is 0.490 e. The van der Waals surface area contributed by atoms with E-state index < -0.39 is 0 Å². The Balaban J connectivity index is 1.18. The van der Waals surface area contributed by atoms with Gasteiger partial charge in [-0.1, -0.05) is 30.3 Å². The van der Waals surface area contributed by atoms with E-state index in [1.54, 1.807) is 0 Å². The van der Waals surface area contributed by atoms with Crippen molar-refractivity contribution in [3.05, 3.63) is 59.2 Å². The summed E-state index contributed by atoms with van der Waals surface area (Å²) < 4.78 is 6.36. The lowest BCUT2D eigenvalue weighted by atomic mass is 10.00. The molecule has 0 aromatic heterocycles. The Bertz CT molecular complexity index is 967. The Morgan fingerprint density at radius 1 is 1.00 bits per heavy atom. The fourth-order valence-corrected chi connectivity index (χ4v) is 5.74. The minimum atomic E-state index is -0.346. The number of nitrogens with one attached hydrogen (secondary N) is 1. The van der Waals surface area contributed by atoms with Gasteiger partial charge in [0, 0.05) is 70.7 Å². The van der Waals surface area contributed by atoms with Crippen molar-refractivity contribution in [1.29, 1.82) is 0 Å². The van der Waals surface area contributed by atoms with E-state index in [9.17, 15) is 5.11 Å². The van der Waals surface area contributed by atoms with Crippen molar-refractivity contribution in [2.24, 2.45) is 0 Å². The standard InChI is InChI=1S/C28H40N4O2/c1-21-15-27(9-11-29-21)34-26-8-7-24-18-32(14-13-30(2)28(24)16-26)20-25(33)19-31-12-10-22-5-3-4-6-23(22)17-31/h3-8,16,21,25,27,29,33H,9-15,17-20H2,1-2H3/t21?,25-,27?/m1/s1. The number of nitrogens with zero attached hydrogens (tertiary/aromatic N) is 3. The van der Waals surface area contributed by atoms with E-state index in [1.165, 1.54) is 22.4 Å². The molecule has 184 valence electrons. The lowest BCUT2D eigenvalue weighted by Crippen LogP contribution is -2.42. The predicted octanol–water partition coefficient (Wildman–Crippen LogP) is 2.88. The second kappa shape index (κ2) is 10.6. The van der Waals surface area contributed by atoms with Crippen LogP contribution in [0.3, 0.4) is 0 Å². The fraction of sp³-hybridized carbons (Fsp3) is 0.571. The Morgan fingerprint density at radius 2 is 1.76 bits per heavy atom. The molecule has 1 fully saturated rings. The van der Waals surface area contributed by atoms with Crippen molar-refractivity contribution in [2.75, 3.05) is 51.2 Å². The van der Waals surface area contributed by atoms with Crippen molar-refractivity contribution >= 4 is 5.69 Å². The van der Waals surface area contributed by atoms with Gasteiger partial charge in [0.1, 0.15) is 11.9 Å². The maximum atomic E-state index is 10.9. The molecule has 2 N–H and O–H groups in total. The van der Waals surface area contributed by atoms with Gasteiger partial charge >= 0.3 is 0 Å². The Kier molecular flexibility index (Phi) is 7.40. The summed E-state index contributed by atoms with van der Waals surface area (Å²) in [6, 6.07) is 15.8. The molecule has 5 rings (SSSR count). The molecule has 3 heterocycles. The van der Waals surface area contributed by atoms with Crippen LogP contribution in [0.5, 0.6) is 5.75 Å². The molecule has 1 saturated heterocycles. The molecule has 0 aliphatic carbocycles. The lowest BCUT2D eigenvalue weighted by Gasteiger charge is -2.32. The highest BCUT2D eigenvalue weighted by Crippen LogP contribution is 2.30. The molecule has 0 amide bonds. The summed E-state index contributed by atoms with van der Waals surface area (Å²) in [6.45, 7) is 9.43. The van der Waals surface area contributed by atoms with Crippen LogP contribution < -0.4 is 15.0 Å². The Morgan fingerprint density at radius 3 is 2.59 bits per heavy atom. The number of hydrogen-bond donors (Lipinski definition) is 2. The number of rotatable bonds is 6. The summed E-state index contributed by atoms with van der Waals surface area (Å²) >= 11 is 0. The highest BCUT2D eigenvalue weighted by Gasteiger charge is 2.24. The van der Waals surface area contributed by atoms with Gasteiger partial charge in [0.2, 0.25) is 0 Å². The smallest absolute Gasteiger partial charge is 0.121 e. The van der Waals surface area contributed by atoms with Crippen molar-refractivity contribution in [3.63, 3.8) is 0 Å². The first-order valence-electron chi connectivity index (χ1n) is 13.0. The number of hydrogen-bond acceptors (Lipinski definition) is 6. The zero-order valence-corrected chi connectivity index (χ0v) is 20.7. The fourth-order valence-electron chi connectivity index (χ4n) is 5.74. The SMILES string of the molecule is CC1CC(Oc2ccc3c(c2)N(C)CCN(C[C@H](O)CN2CCc4ccccc4C2)C3)CCN1. The summed E-state index contributed by atoms with van der Waals surface area (Å²) in [4.78, 5) is 7.14. The molecule has 0 saturated carbocycles. The van der Waals surface area contributed by atoms with E-state index in [0.29, 0.717) is 18.7 Å². The maximum Gasteiger partial charge on any atom is 0.121 e. The molecule has 2 aromatic rings. The van der Waals surface area contributed by atoms with E-state index in [1.807, 2.05) is 0 Å². The molecule has 2 aromatic carbocycles. The van der Waals surface area contributed by atoms with E-state index in [-0.39, 0.29) is 6.10 Å². The quantitative estimate of drug-likeness (QED) is 0.686. The van der Waals surface area contributed by atoms with Gasteiger partial charge < -0.3 is 20.1 Å². The van der Waals surface area contributed by atoms with Crippen molar-refractivity contribution < 1.29 is 9.84 Å². The lowest BCUT2D eigenvalue weighted by molar-refractivity contribution is 0.0682. The predicted molar refractivity (Wildman–Crippen MR) is 138 cm³/mol. The van der Waals surface area contributed by atoms with Gasteiger partial charge in [0.15, 0.2) is 0 Å². The van der Waals surface area contributed by atoms with E-state index in [4.69, 9.17) is 4.74 Å². The molecule has 0 spiro atoms. The zero-order chi connectivity index (χ0) is 23.5. The minimum Gasteiger partial charge on any atom is -0.490 e. The van der Waals surface area contributed by atoms with Gasteiger partial charge in [-0.2, -0.15) is 0 Å². The van der Waals surface area contributed by atoms with Crippen LogP contribution in [0.25, 0.3) is 0 Å². The molecule has 0 radical (unpaired) electrons. The van der Waals surface area contributed by atoms with Crippen molar-refractivity contribution in [2.45, 2.75) is 57.5 Å². The van der Waals surface area contributed by atoms with Gasteiger partial charge in [-0.25, -0.2) is 0 Å².